The Balaban J connectivity index is 2.07. The maximum absolute atomic E-state index is 12.2. The second kappa shape index (κ2) is 6.68. The van der Waals surface area contributed by atoms with E-state index in [1.807, 2.05) is 31.3 Å². The van der Waals surface area contributed by atoms with Gasteiger partial charge < -0.3 is 15.4 Å². The van der Waals surface area contributed by atoms with E-state index in [9.17, 15) is 4.79 Å². The number of carbonyl (C=O) groups excluding carboxylic acids is 1. The van der Waals surface area contributed by atoms with E-state index in [0.29, 0.717) is 6.61 Å². The van der Waals surface area contributed by atoms with E-state index < -0.39 is 0 Å². The first-order chi connectivity index (χ1) is 9.22. The number of benzene rings is 1. The molecule has 0 saturated carbocycles. The molecule has 1 aromatic carbocycles. The summed E-state index contributed by atoms with van der Waals surface area (Å²) in [7, 11) is 1.91. The number of carbonyl (C=O) groups is 1. The molecule has 4 heteroatoms. The van der Waals surface area contributed by atoms with Crippen molar-refractivity contribution in [1.29, 1.82) is 0 Å². The highest BCUT2D eigenvalue weighted by Gasteiger charge is 2.22. The normalized spacial score (nSPS) is 20.8. The quantitative estimate of drug-likeness (QED) is 0.876. The lowest BCUT2D eigenvalue weighted by Gasteiger charge is -2.23. The fraction of sp³-hybridized carbons (Fsp3) is 0.533. The van der Waals surface area contributed by atoms with Crippen LogP contribution in [-0.4, -0.2) is 25.7 Å². The summed E-state index contributed by atoms with van der Waals surface area (Å²) < 4.78 is 5.51. The Morgan fingerprint density at radius 3 is 2.84 bits per heavy atom. The summed E-state index contributed by atoms with van der Waals surface area (Å²) in [6.45, 7) is 2.76. The predicted molar refractivity (Wildman–Crippen MR) is 76.1 cm³/mol. The lowest BCUT2D eigenvalue weighted by Crippen LogP contribution is -2.33. The maximum atomic E-state index is 12.2. The summed E-state index contributed by atoms with van der Waals surface area (Å²) in [5.41, 5.74) is 1.96. The molecule has 0 aromatic heterocycles. The summed E-state index contributed by atoms with van der Waals surface area (Å²) in [6.07, 6.45) is 2.63. The molecule has 2 N–H and O–H groups in total. The Hall–Kier alpha value is -1.39. The number of amides is 1. The third-order valence-corrected chi connectivity index (χ3v) is 3.59. The molecule has 0 aliphatic carbocycles. The van der Waals surface area contributed by atoms with E-state index in [2.05, 4.69) is 17.6 Å². The molecular weight excluding hydrogens is 240 g/mol. The SMILES string of the molecule is CNC(C)c1ccccc1NC(=O)C1CCCCO1. The monoisotopic (exact) mass is 262 g/mol. The highest BCUT2D eigenvalue weighted by atomic mass is 16.5. The zero-order valence-corrected chi connectivity index (χ0v) is 11.6. The van der Waals surface area contributed by atoms with Crippen LogP contribution in [0.1, 0.15) is 37.8 Å². The fourth-order valence-electron chi connectivity index (χ4n) is 2.30. The Morgan fingerprint density at radius 2 is 2.16 bits per heavy atom. The minimum absolute atomic E-state index is 0.0320. The molecule has 1 aliphatic rings. The van der Waals surface area contributed by atoms with Gasteiger partial charge in [0.25, 0.3) is 5.91 Å². The molecular formula is C15H22N2O2. The van der Waals surface area contributed by atoms with E-state index in [4.69, 9.17) is 4.74 Å². The van der Waals surface area contributed by atoms with Gasteiger partial charge in [-0.1, -0.05) is 18.2 Å². The van der Waals surface area contributed by atoms with Crippen LogP contribution >= 0.6 is 0 Å². The molecule has 1 aromatic rings. The molecule has 0 bridgehead atoms. The molecule has 1 aliphatic heterocycles. The van der Waals surface area contributed by atoms with Gasteiger partial charge in [-0.15, -0.1) is 0 Å². The van der Waals surface area contributed by atoms with Crippen LogP contribution in [-0.2, 0) is 9.53 Å². The molecule has 19 heavy (non-hydrogen) atoms. The van der Waals surface area contributed by atoms with Crippen molar-refractivity contribution in [3.63, 3.8) is 0 Å². The number of hydrogen-bond donors (Lipinski definition) is 2. The summed E-state index contributed by atoms with van der Waals surface area (Å²) in [5.74, 6) is -0.0320. The number of para-hydroxylation sites is 1. The number of anilines is 1. The molecule has 4 nitrogen and oxygen atoms in total. The van der Waals surface area contributed by atoms with Gasteiger partial charge in [0.05, 0.1) is 0 Å². The van der Waals surface area contributed by atoms with Crippen LogP contribution in [0.5, 0.6) is 0 Å². The first-order valence-electron chi connectivity index (χ1n) is 6.91. The minimum Gasteiger partial charge on any atom is -0.368 e. The zero-order chi connectivity index (χ0) is 13.7. The first-order valence-corrected chi connectivity index (χ1v) is 6.91. The molecule has 2 unspecified atom stereocenters. The van der Waals surface area contributed by atoms with E-state index in [1.165, 1.54) is 0 Å². The number of ether oxygens (including phenoxy) is 1. The van der Waals surface area contributed by atoms with Gasteiger partial charge >= 0.3 is 0 Å². The summed E-state index contributed by atoms with van der Waals surface area (Å²) in [5, 5.41) is 6.18. The van der Waals surface area contributed by atoms with Gasteiger partial charge in [0.15, 0.2) is 0 Å². The molecule has 1 fully saturated rings. The predicted octanol–water partition coefficient (Wildman–Crippen LogP) is 2.47. The Morgan fingerprint density at radius 1 is 1.37 bits per heavy atom. The van der Waals surface area contributed by atoms with Crippen molar-refractivity contribution in [3.8, 4) is 0 Å². The van der Waals surface area contributed by atoms with Crippen molar-refractivity contribution in [3.05, 3.63) is 29.8 Å². The second-order valence-electron chi connectivity index (χ2n) is 4.94. The molecule has 0 radical (unpaired) electrons. The highest BCUT2D eigenvalue weighted by molar-refractivity contribution is 5.95. The van der Waals surface area contributed by atoms with Crippen LogP contribution in [0, 0.1) is 0 Å². The summed E-state index contributed by atoms with van der Waals surface area (Å²) in [6, 6.07) is 8.07. The van der Waals surface area contributed by atoms with Gasteiger partial charge in [0.2, 0.25) is 0 Å². The van der Waals surface area contributed by atoms with E-state index in [1.54, 1.807) is 0 Å². The molecule has 1 heterocycles. The molecule has 0 spiro atoms. The van der Waals surface area contributed by atoms with Gasteiger partial charge in [-0.05, 0) is 44.9 Å². The largest absolute Gasteiger partial charge is 0.368 e. The Labute approximate surface area is 114 Å². The van der Waals surface area contributed by atoms with Crippen molar-refractivity contribution in [2.75, 3.05) is 19.0 Å². The van der Waals surface area contributed by atoms with Crippen molar-refractivity contribution < 1.29 is 9.53 Å². The van der Waals surface area contributed by atoms with Gasteiger partial charge in [0, 0.05) is 18.3 Å². The smallest absolute Gasteiger partial charge is 0.253 e. The van der Waals surface area contributed by atoms with Crippen LogP contribution in [0.25, 0.3) is 0 Å². The Kier molecular flexibility index (Phi) is 4.93. The van der Waals surface area contributed by atoms with Gasteiger partial charge in [0.1, 0.15) is 6.10 Å². The topological polar surface area (TPSA) is 50.4 Å². The number of nitrogens with one attached hydrogen (secondary N) is 2. The number of rotatable bonds is 4. The van der Waals surface area contributed by atoms with Crippen LogP contribution in [0.3, 0.4) is 0 Å². The first kappa shape index (κ1) is 14.0. The summed E-state index contributed by atoms with van der Waals surface area (Å²) in [4.78, 5) is 12.2. The van der Waals surface area contributed by atoms with E-state index in [-0.39, 0.29) is 18.1 Å². The van der Waals surface area contributed by atoms with E-state index >= 15 is 0 Å². The van der Waals surface area contributed by atoms with Crippen molar-refractivity contribution in [2.45, 2.75) is 38.3 Å². The van der Waals surface area contributed by atoms with Crippen molar-refractivity contribution >= 4 is 11.6 Å². The average Bonchev–Trinajstić information content (AvgIpc) is 2.48. The van der Waals surface area contributed by atoms with E-state index in [0.717, 1.165) is 30.5 Å². The molecule has 104 valence electrons. The van der Waals surface area contributed by atoms with Crippen LogP contribution in [0.15, 0.2) is 24.3 Å². The summed E-state index contributed by atoms with van der Waals surface area (Å²) >= 11 is 0. The second-order valence-corrected chi connectivity index (χ2v) is 4.94. The third kappa shape index (κ3) is 3.55. The van der Waals surface area contributed by atoms with Gasteiger partial charge in [-0.3, -0.25) is 4.79 Å². The fourth-order valence-corrected chi connectivity index (χ4v) is 2.30. The van der Waals surface area contributed by atoms with Gasteiger partial charge in [-0.2, -0.15) is 0 Å². The molecule has 2 atom stereocenters. The lowest BCUT2D eigenvalue weighted by atomic mass is 10.0. The molecule has 1 saturated heterocycles. The van der Waals surface area contributed by atoms with Crippen LogP contribution in [0.2, 0.25) is 0 Å². The van der Waals surface area contributed by atoms with Crippen LogP contribution in [0.4, 0.5) is 5.69 Å². The average molecular weight is 262 g/mol. The standard InChI is InChI=1S/C15H22N2O2/c1-11(16-2)12-7-3-4-8-13(12)17-15(18)14-9-5-6-10-19-14/h3-4,7-8,11,14,16H,5-6,9-10H2,1-2H3,(H,17,18). The minimum atomic E-state index is -0.299. The maximum Gasteiger partial charge on any atom is 0.253 e. The van der Waals surface area contributed by atoms with Gasteiger partial charge in [-0.25, -0.2) is 0 Å². The third-order valence-electron chi connectivity index (χ3n) is 3.59. The zero-order valence-electron chi connectivity index (χ0n) is 11.6. The Bertz CT molecular complexity index is 428. The lowest BCUT2D eigenvalue weighted by molar-refractivity contribution is -0.129. The molecule has 1 amide bonds. The van der Waals surface area contributed by atoms with Crippen molar-refractivity contribution in [1.82, 2.24) is 5.32 Å². The van der Waals surface area contributed by atoms with Crippen LogP contribution < -0.4 is 10.6 Å². The number of hydrogen-bond acceptors (Lipinski definition) is 3. The highest BCUT2D eigenvalue weighted by Crippen LogP contribution is 2.23. The van der Waals surface area contributed by atoms with Crippen molar-refractivity contribution in [2.24, 2.45) is 0 Å². The molecule has 2 rings (SSSR count).